The van der Waals surface area contributed by atoms with Gasteiger partial charge in [0, 0.05) is 6.54 Å². The van der Waals surface area contributed by atoms with E-state index in [0.29, 0.717) is 6.61 Å². The molecule has 3 heteroatoms. The fourth-order valence-electron chi connectivity index (χ4n) is 3.55. The zero-order valence-corrected chi connectivity index (χ0v) is 16.2. The van der Waals surface area contributed by atoms with Crippen molar-refractivity contribution in [3.63, 3.8) is 0 Å². The highest BCUT2D eigenvalue weighted by Crippen LogP contribution is 2.26. The van der Waals surface area contributed by atoms with Crippen LogP contribution in [-0.4, -0.2) is 31.1 Å². The summed E-state index contributed by atoms with van der Waals surface area (Å²) in [5.74, 6) is 1.81. The maximum atomic E-state index is 5.95. The van der Waals surface area contributed by atoms with Gasteiger partial charge in [0.15, 0.2) is 0 Å². The number of nitrogens with zero attached hydrogens (tertiary/aromatic N) is 1. The minimum atomic E-state index is 0.577. The first kappa shape index (κ1) is 18.6. The van der Waals surface area contributed by atoms with Crippen molar-refractivity contribution in [3.8, 4) is 22.6 Å². The molecule has 1 fully saturated rings. The summed E-state index contributed by atoms with van der Waals surface area (Å²) in [7, 11) is 0. The van der Waals surface area contributed by atoms with Gasteiger partial charge in [0.2, 0.25) is 0 Å². The van der Waals surface area contributed by atoms with Gasteiger partial charge in [-0.05, 0) is 66.9 Å². The first-order valence-corrected chi connectivity index (χ1v) is 10.1. The van der Waals surface area contributed by atoms with E-state index in [0.717, 1.165) is 35.8 Å². The fourth-order valence-corrected chi connectivity index (χ4v) is 3.55. The number of benzene rings is 3. The molecule has 0 radical (unpaired) electrons. The minimum absolute atomic E-state index is 0.577. The number of rotatable bonds is 8. The van der Waals surface area contributed by atoms with Gasteiger partial charge >= 0.3 is 0 Å². The molecule has 0 spiro atoms. The van der Waals surface area contributed by atoms with Crippen molar-refractivity contribution in [3.05, 3.63) is 84.4 Å². The first-order chi connectivity index (χ1) is 13.9. The van der Waals surface area contributed by atoms with Crippen LogP contribution in [0, 0.1) is 0 Å². The predicted octanol–water partition coefficient (Wildman–Crippen LogP) is 5.41. The quantitative estimate of drug-likeness (QED) is 0.527. The molecule has 1 aliphatic heterocycles. The summed E-state index contributed by atoms with van der Waals surface area (Å²) in [6, 6.07) is 26.8. The molecule has 28 heavy (non-hydrogen) atoms. The Labute approximate surface area is 167 Å². The third-order valence-electron chi connectivity index (χ3n) is 5.14. The maximum Gasteiger partial charge on any atom is 0.120 e. The van der Waals surface area contributed by atoms with E-state index in [2.05, 4.69) is 53.4 Å². The molecule has 1 saturated heterocycles. The van der Waals surface area contributed by atoms with Gasteiger partial charge in [0.05, 0.1) is 0 Å². The Morgan fingerprint density at radius 3 is 2.25 bits per heavy atom. The van der Waals surface area contributed by atoms with Gasteiger partial charge in [-0.15, -0.1) is 0 Å². The number of hydrogen-bond donors (Lipinski definition) is 0. The molecule has 0 saturated carbocycles. The molecule has 1 aliphatic rings. The van der Waals surface area contributed by atoms with Crippen LogP contribution in [0.15, 0.2) is 78.9 Å². The Balaban J connectivity index is 1.33. The second-order valence-electron chi connectivity index (χ2n) is 7.22. The first-order valence-electron chi connectivity index (χ1n) is 10.1. The van der Waals surface area contributed by atoms with Gasteiger partial charge in [-0.25, -0.2) is 0 Å². The average Bonchev–Trinajstić information content (AvgIpc) is 3.27. The third kappa shape index (κ3) is 5.14. The van der Waals surface area contributed by atoms with Crippen LogP contribution in [0.5, 0.6) is 11.5 Å². The highest BCUT2D eigenvalue weighted by atomic mass is 16.5. The largest absolute Gasteiger partial charge is 0.492 e. The summed E-state index contributed by atoms with van der Waals surface area (Å²) in [6.07, 6.45) is 2.64. The van der Waals surface area contributed by atoms with E-state index in [9.17, 15) is 0 Å². The molecule has 0 amide bonds. The zero-order valence-electron chi connectivity index (χ0n) is 16.2. The van der Waals surface area contributed by atoms with Crippen LogP contribution in [0.25, 0.3) is 11.1 Å². The highest BCUT2D eigenvalue weighted by molar-refractivity contribution is 5.65. The lowest BCUT2D eigenvalue weighted by molar-refractivity contribution is 0.238. The topological polar surface area (TPSA) is 21.7 Å². The summed E-state index contributed by atoms with van der Waals surface area (Å²) < 4.78 is 11.9. The molecule has 144 valence electrons. The summed E-state index contributed by atoms with van der Waals surface area (Å²) >= 11 is 0. The van der Waals surface area contributed by atoms with E-state index >= 15 is 0 Å². The summed E-state index contributed by atoms with van der Waals surface area (Å²) in [6.45, 7) is 4.77. The maximum absolute atomic E-state index is 5.95. The molecular weight excluding hydrogens is 346 g/mol. The fraction of sp³-hybridized carbons (Fsp3) is 0.280. The van der Waals surface area contributed by atoms with Gasteiger partial charge in [0.25, 0.3) is 0 Å². The highest BCUT2D eigenvalue weighted by Gasteiger charge is 2.10. The van der Waals surface area contributed by atoms with Crippen molar-refractivity contribution in [2.75, 3.05) is 26.2 Å². The molecule has 1 heterocycles. The number of ether oxygens (including phenoxy) is 2. The van der Waals surface area contributed by atoms with Gasteiger partial charge in [0.1, 0.15) is 24.7 Å². The molecular formula is C25H27NO2. The van der Waals surface area contributed by atoms with E-state index in [1.165, 1.54) is 31.5 Å². The minimum Gasteiger partial charge on any atom is -0.492 e. The SMILES string of the molecule is c1ccc(COc2cccc(-c3ccc(OCCN4CCCC4)cc3)c2)cc1. The Morgan fingerprint density at radius 2 is 1.46 bits per heavy atom. The van der Waals surface area contributed by atoms with Crippen molar-refractivity contribution < 1.29 is 9.47 Å². The van der Waals surface area contributed by atoms with Crippen LogP contribution in [0.2, 0.25) is 0 Å². The van der Waals surface area contributed by atoms with Gasteiger partial charge in [-0.3, -0.25) is 4.90 Å². The van der Waals surface area contributed by atoms with Crippen molar-refractivity contribution in [1.82, 2.24) is 4.90 Å². The van der Waals surface area contributed by atoms with Crippen LogP contribution in [0.1, 0.15) is 18.4 Å². The lowest BCUT2D eigenvalue weighted by Gasteiger charge is -2.15. The second-order valence-corrected chi connectivity index (χ2v) is 7.22. The van der Waals surface area contributed by atoms with Crippen molar-refractivity contribution >= 4 is 0 Å². The second kappa shape index (κ2) is 9.43. The standard InChI is InChI=1S/C25H27NO2/c1-2-7-21(8-3-1)20-28-25-10-6-9-23(19-25)22-11-13-24(14-12-22)27-18-17-26-15-4-5-16-26/h1-3,6-14,19H,4-5,15-18,20H2. The van der Waals surface area contributed by atoms with E-state index < -0.39 is 0 Å². The lowest BCUT2D eigenvalue weighted by atomic mass is 10.1. The lowest BCUT2D eigenvalue weighted by Crippen LogP contribution is -2.25. The van der Waals surface area contributed by atoms with Crippen molar-refractivity contribution in [2.45, 2.75) is 19.4 Å². The monoisotopic (exact) mass is 373 g/mol. The average molecular weight is 373 g/mol. The van der Waals surface area contributed by atoms with E-state index in [1.807, 2.05) is 30.3 Å². The molecule has 4 rings (SSSR count). The predicted molar refractivity (Wildman–Crippen MR) is 114 cm³/mol. The molecule has 0 bridgehead atoms. The van der Waals surface area contributed by atoms with Crippen LogP contribution >= 0.6 is 0 Å². The molecule has 0 aliphatic carbocycles. The summed E-state index contributed by atoms with van der Waals surface area (Å²) in [5, 5.41) is 0. The van der Waals surface area contributed by atoms with E-state index in [4.69, 9.17) is 9.47 Å². The molecule has 3 aromatic carbocycles. The Bertz CT molecular complexity index is 855. The Hall–Kier alpha value is -2.78. The normalized spacial score (nSPS) is 14.1. The number of likely N-dealkylation sites (tertiary alicyclic amines) is 1. The zero-order chi connectivity index (χ0) is 19.0. The van der Waals surface area contributed by atoms with Crippen LogP contribution in [0.3, 0.4) is 0 Å². The smallest absolute Gasteiger partial charge is 0.120 e. The molecule has 0 atom stereocenters. The van der Waals surface area contributed by atoms with Gasteiger partial charge in [-0.1, -0.05) is 54.6 Å². The number of hydrogen-bond acceptors (Lipinski definition) is 3. The molecule has 3 nitrogen and oxygen atoms in total. The van der Waals surface area contributed by atoms with Gasteiger partial charge in [-0.2, -0.15) is 0 Å². The van der Waals surface area contributed by atoms with Crippen LogP contribution < -0.4 is 9.47 Å². The van der Waals surface area contributed by atoms with Crippen molar-refractivity contribution in [1.29, 1.82) is 0 Å². The summed E-state index contributed by atoms with van der Waals surface area (Å²) in [5.41, 5.74) is 3.48. The molecule has 0 aromatic heterocycles. The van der Waals surface area contributed by atoms with Crippen molar-refractivity contribution in [2.24, 2.45) is 0 Å². The van der Waals surface area contributed by atoms with E-state index in [-0.39, 0.29) is 0 Å². The summed E-state index contributed by atoms with van der Waals surface area (Å²) in [4.78, 5) is 2.47. The van der Waals surface area contributed by atoms with Crippen LogP contribution in [0.4, 0.5) is 0 Å². The van der Waals surface area contributed by atoms with Gasteiger partial charge < -0.3 is 9.47 Å². The Morgan fingerprint density at radius 1 is 0.679 bits per heavy atom. The molecule has 0 N–H and O–H groups in total. The third-order valence-corrected chi connectivity index (χ3v) is 5.14. The van der Waals surface area contributed by atoms with Crippen LogP contribution in [-0.2, 0) is 6.61 Å². The van der Waals surface area contributed by atoms with E-state index in [1.54, 1.807) is 0 Å². The molecule has 3 aromatic rings. The molecule has 0 unspecified atom stereocenters. The Kier molecular flexibility index (Phi) is 6.25.